The van der Waals surface area contributed by atoms with Crippen LogP contribution in [0.1, 0.15) is 50.7 Å². The van der Waals surface area contributed by atoms with Crippen LogP contribution >= 0.6 is 0 Å². The molecule has 1 atom stereocenters. The number of rotatable bonds is 7. The van der Waals surface area contributed by atoms with E-state index in [1.807, 2.05) is 19.9 Å². The number of benzene rings is 1. The molecule has 2 aromatic rings. The highest BCUT2D eigenvalue weighted by atomic mass is 16.5. The van der Waals surface area contributed by atoms with Crippen LogP contribution in [0.5, 0.6) is 5.75 Å². The van der Waals surface area contributed by atoms with Crippen LogP contribution in [0.15, 0.2) is 42.6 Å². The van der Waals surface area contributed by atoms with E-state index in [4.69, 9.17) is 4.74 Å². The zero-order valence-electron chi connectivity index (χ0n) is 17.8. The summed E-state index contributed by atoms with van der Waals surface area (Å²) in [6, 6.07) is 13.1. The number of para-hydroxylation sites is 1. The largest absolute Gasteiger partial charge is 0.479 e. The molecule has 3 rings (SSSR count). The van der Waals surface area contributed by atoms with Gasteiger partial charge in [-0.15, -0.1) is 0 Å². The van der Waals surface area contributed by atoms with Crippen LogP contribution < -0.4 is 15.0 Å². The van der Waals surface area contributed by atoms with Crippen molar-refractivity contribution in [1.82, 2.24) is 10.3 Å². The molecule has 1 saturated heterocycles. The third-order valence-corrected chi connectivity index (χ3v) is 5.33. The maximum Gasteiger partial charge on any atom is 0.261 e. The van der Waals surface area contributed by atoms with Crippen molar-refractivity contribution in [3.63, 3.8) is 0 Å². The van der Waals surface area contributed by atoms with Gasteiger partial charge in [-0.25, -0.2) is 4.98 Å². The minimum absolute atomic E-state index is 0.0400. The Morgan fingerprint density at radius 2 is 1.93 bits per heavy atom. The average molecular weight is 407 g/mol. The zero-order chi connectivity index (χ0) is 21.3. The van der Waals surface area contributed by atoms with Crippen LogP contribution in [-0.2, 0) is 11.3 Å². The molecule has 1 amide bonds. The van der Waals surface area contributed by atoms with Gasteiger partial charge in [0.15, 0.2) is 6.10 Å². The van der Waals surface area contributed by atoms with Gasteiger partial charge in [0.2, 0.25) is 0 Å². The summed E-state index contributed by atoms with van der Waals surface area (Å²) in [7, 11) is 0. The Morgan fingerprint density at radius 3 is 2.63 bits per heavy atom. The molecule has 1 aromatic carbocycles. The van der Waals surface area contributed by atoms with Gasteiger partial charge >= 0.3 is 0 Å². The lowest BCUT2D eigenvalue weighted by Crippen LogP contribution is -2.41. The Morgan fingerprint density at radius 1 is 1.20 bits per heavy atom. The molecule has 158 valence electrons. The summed E-state index contributed by atoms with van der Waals surface area (Å²) in [4.78, 5) is 19.7. The van der Waals surface area contributed by atoms with E-state index < -0.39 is 6.10 Å². The van der Waals surface area contributed by atoms with Crippen LogP contribution in [0.3, 0.4) is 0 Å². The Hall–Kier alpha value is -3.07. The van der Waals surface area contributed by atoms with Crippen molar-refractivity contribution in [3.8, 4) is 11.8 Å². The number of pyridine rings is 1. The van der Waals surface area contributed by atoms with Crippen LogP contribution in [0, 0.1) is 17.2 Å². The fourth-order valence-corrected chi connectivity index (χ4v) is 3.62. The summed E-state index contributed by atoms with van der Waals surface area (Å²) in [6.07, 6.45) is 6.07. The summed E-state index contributed by atoms with van der Waals surface area (Å²) >= 11 is 0. The van der Waals surface area contributed by atoms with Gasteiger partial charge in [0.25, 0.3) is 5.91 Å². The summed E-state index contributed by atoms with van der Waals surface area (Å²) < 4.78 is 5.93. The van der Waals surface area contributed by atoms with Gasteiger partial charge in [0.1, 0.15) is 17.6 Å². The number of hydrogen-bond donors (Lipinski definition) is 1. The van der Waals surface area contributed by atoms with Crippen LogP contribution in [0.2, 0.25) is 0 Å². The quantitative estimate of drug-likeness (QED) is 0.750. The van der Waals surface area contributed by atoms with E-state index in [9.17, 15) is 10.1 Å². The maximum atomic E-state index is 12.8. The lowest BCUT2D eigenvalue weighted by Gasteiger charge is -2.23. The van der Waals surface area contributed by atoms with Gasteiger partial charge in [-0.3, -0.25) is 4.79 Å². The summed E-state index contributed by atoms with van der Waals surface area (Å²) in [5, 5.41) is 12.3. The molecule has 0 radical (unpaired) electrons. The summed E-state index contributed by atoms with van der Waals surface area (Å²) in [5.41, 5.74) is 1.43. The Bertz CT molecular complexity index is 883. The smallest absolute Gasteiger partial charge is 0.261 e. The first kappa shape index (κ1) is 21.6. The van der Waals surface area contributed by atoms with Crippen molar-refractivity contribution in [1.29, 1.82) is 5.26 Å². The molecule has 6 heteroatoms. The minimum Gasteiger partial charge on any atom is -0.479 e. The van der Waals surface area contributed by atoms with Gasteiger partial charge in [-0.2, -0.15) is 5.26 Å². The van der Waals surface area contributed by atoms with Crippen molar-refractivity contribution in [2.45, 2.75) is 52.2 Å². The molecular formula is C24H30N4O2. The number of amides is 1. The molecular weight excluding hydrogens is 376 g/mol. The highest BCUT2D eigenvalue weighted by molar-refractivity contribution is 5.81. The Balaban J connectivity index is 1.64. The van der Waals surface area contributed by atoms with Crippen molar-refractivity contribution in [2.24, 2.45) is 5.92 Å². The first-order valence-corrected chi connectivity index (χ1v) is 10.7. The normalized spacial score (nSPS) is 15.2. The number of nitrogens with zero attached hydrogens (tertiary/aromatic N) is 3. The lowest BCUT2D eigenvalue weighted by molar-refractivity contribution is -0.130. The number of nitrogens with one attached hydrogen (secondary N) is 1. The molecule has 1 unspecified atom stereocenters. The molecule has 1 aromatic heterocycles. The Labute approximate surface area is 178 Å². The number of aromatic nitrogens is 1. The zero-order valence-corrected chi connectivity index (χ0v) is 17.8. The van der Waals surface area contributed by atoms with Crippen LogP contribution in [0.4, 0.5) is 5.82 Å². The molecule has 1 N–H and O–H groups in total. The average Bonchev–Trinajstić information content (AvgIpc) is 3.05. The second-order valence-corrected chi connectivity index (χ2v) is 8.03. The minimum atomic E-state index is -0.675. The van der Waals surface area contributed by atoms with Gasteiger partial charge < -0.3 is 15.0 Å². The molecule has 6 nitrogen and oxygen atoms in total. The van der Waals surface area contributed by atoms with E-state index in [0.29, 0.717) is 17.9 Å². The molecule has 0 spiro atoms. The standard InChI is InChI=1S/C24H30N4O2/c1-18(2)23(30-21-10-6-5-9-20(21)16-25)24(29)27-17-19-11-12-26-22(15-19)28-13-7-3-4-8-14-28/h5-6,9-12,15,18,23H,3-4,7-8,13-14,17H2,1-2H3,(H,27,29). The summed E-state index contributed by atoms with van der Waals surface area (Å²) in [5.74, 6) is 1.18. The highest BCUT2D eigenvalue weighted by Crippen LogP contribution is 2.21. The van der Waals surface area contributed by atoms with Gasteiger partial charge in [0, 0.05) is 25.8 Å². The monoisotopic (exact) mass is 406 g/mol. The van der Waals surface area contributed by atoms with Gasteiger partial charge in [-0.05, 0) is 48.6 Å². The number of hydrogen-bond acceptors (Lipinski definition) is 5. The predicted octanol–water partition coefficient (Wildman–Crippen LogP) is 4.05. The number of anilines is 1. The molecule has 30 heavy (non-hydrogen) atoms. The topological polar surface area (TPSA) is 78.2 Å². The van der Waals surface area contributed by atoms with E-state index in [-0.39, 0.29) is 11.8 Å². The van der Waals surface area contributed by atoms with Crippen molar-refractivity contribution in [3.05, 3.63) is 53.7 Å². The molecule has 1 aliphatic rings. The first-order chi connectivity index (χ1) is 14.6. The van der Waals surface area contributed by atoms with Crippen molar-refractivity contribution < 1.29 is 9.53 Å². The predicted molar refractivity (Wildman–Crippen MR) is 117 cm³/mol. The molecule has 1 aliphatic heterocycles. The van der Waals surface area contributed by atoms with E-state index in [1.165, 1.54) is 25.7 Å². The number of carbonyl (C=O) groups excluding carboxylic acids is 1. The third-order valence-electron chi connectivity index (χ3n) is 5.33. The lowest BCUT2D eigenvalue weighted by atomic mass is 10.1. The second kappa shape index (κ2) is 10.6. The number of ether oxygens (including phenoxy) is 1. The fraction of sp³-hybridized carbons (Fsp3) is 0.458. The van der Waals surface area contributed by atoms with Crippen LogP contribution in [-0.4, -0.2) is 30.1 Å². The molecule has 1 fully saturated rings. The van der Waals surface area contributed by atoms with Gasteiger partial charge in [0.05, 0.1) is 5.56 Å². The fourth-order valence-electron chi connectivity index (χ4n) is 3.62. The SMILES string of the molecule is CC(C)C(Oc1ccccc1C#N)C(=O)NCc1ccnc(N2CCCCCC2)c1. The van der Waals surface area contributed by atoms with E-state index >= 15 is 0 Å². The van der Waals surface area contributed by atoms with Crippen molar-refractivity contribution >= 4 is 11.7 Å². The first-order valence-electron chi connectivity index (χ1n) is 10.7. The van der Waals surface area contributed by atoms with E-state index in [0.717, 1.165) is 24.5 Å². The van der Waals surface area contributed by atoms with Gasteiger partial charge in [-0.1, -0.05) is 38.8 Å². The number of carbonyl (C=O) groups is 1. The molecule has 2 heterocycles. The maximum absolute atomic E-state index is 12.8. The van der Waals surface area contributed by atoms with E-state index in [2.05, 4.69) is 27.3 Å². The highest BCUT2D eigenvalue weighted by Gasteiger charge is 2.25. The molecule has 0 bridgehead atoms. The Kier molecular flexibility index (Phi) is 7.67. The molecule has 0 aliphatic carbocycles. The van der Waals surface area contributed by atoms with Crippen molar-refractivity contribution in [2.75, 3.05) is 18.0 Å². The number of nitriles is 1. The van der Waals surface area contributed by atoms with E-state index in [1.54, 1.807) is 30.5 Å². The molecule has 0 saturated carbocycles. The second-order valence-electron chi connectivity index (χ2n) is 8.03. The third kappa shape index (κ3) is 5.73. The summed E-state index contributed by atoms with van der Waals surface area (Å²) in [6.45, 7) is 6.34. The van der Waals surface area contributed by atoms with Crippen LogP contribution in [0.25, 0.3) is 0 Å².